The van der Waals surface area contributed by atoms with E-state index >= 15 is 0 Å². The molecule has 6 heteroatoms. The number of hydrogen-bond donors (Lipinski definition) is 1. The molecule has 1 amide bonds. The first-order chi connectivity index (χ1) is 11.4. The van der Waals surface area contributed by atoms with Crippen LogP contribution in [0.1, 0.15) is 37.3 Å². The molecule has 1 aliphatic carbocycles. The molecule has 2 aliphatic rings. The van der Waals surface area contributed by atoms with Gasteiger partial charge in [0.1, 0.15) is 6.04 Å². The third-order valence-electron chi connectivity index (χ3n) is 5.24. The van der Waals surface area contributed by atoms with Crippen LogP contribution >= 0.6 is 0 Å². The fraction of sp³-hybridized carbons (Fsp3) is 0.611. The number of carbonyl (C=O) groups excluding carboxylic acids is 1. The van der Waals surface area contributed by atoms with Gasteiger partial charge >= 0.3 is 0 Å². The number of anilines is 1. The lowest BCUT2D eigenvalue weighted by atomic mass is 9.90. The van der Waals surface area contributed by atoms with Gasteiger partial charge in [0.25, 0.3) is 0 Å². The van der Waals surface area contributed by atoms with Gasteiger partial charge in [0.05, 0.1) is 11.5 Å². The van der Waals surface area contributed by atoms with E-state index in [0.717, 1.165) is 18.5 Å². The molecule has 1 heterocycles. The Balaban J connectivity index is 1.69. The minimum Gasteiger partial charge on any atom is -0.374 e. The van der Waals surface area contributed by atoms with Gasteiger partial charge in [-0.05, 0) is 56.2 Å². The van der Waals surface area contributed by atoms with Crippen LogP contribution in [-0.2, 0) is 27.5 Å². The summed E-state index contributed by atoms with van der Waals surface area (Å²) in [5.74, 6) is 0.219. The largest absolute Gasteiger partial charge is 0.374 e. The number of nitrogens with zero attached hydrogens (tertiary/aromatic N) is 1. The highest BCUT2D eigenvalue weighted by molar-refractivity contribution is 7.91. The Labute approximate surface area is 144 Å². The summed E-state index contributed by atoms with van der Waals surface area (Å²) in [6, 6.07) is 5.68. The van der Waals surface area contributed by atoms with Crippen molar-refractivity contribution in [2.75, 3.05) is 23.9 Å². The van der Waals surface area contributed by atoms with Crippen LogP contribution in [0.3, 0.4) is 0 Å². The molecule has 1 aromatic rings. The van der Waals surface area contributed by atoms with Gasteiger partial charge < -0.3 is 10.2 Å². The summed E-state index contributed by atoms with van der Waals surface area (Å²) < 4.78 is 23.3. The molecule has 0 spiro atoms. The van der Waals surface area contributed by atoms with E-state index in [1.54, 1.807) is 11.9 Å². The fourth-order valence-electron chi connectivity index (χ4n) is 3.78. The van der Waals surface area contributed by atoms with E-state index in [-0.39, 0.29) is 29.5 Å². The molecule has 24 heavy (non-hydrogen) atoms. The SMILES string of the molecule is C[C@@H](Nc1cccc2c1CCCC2)C(=O)N(C)[C@@H]1CCS(=O)(=O)C1. The first kappa shape index (κ1) is 17.3. The topological polar surface area (TPSA) is 66.5 Å². The number of amides is 1. The Kier molecular flexibility index (Phi) is 4.85. The molecule has 0 unspecified atom stereocenters. The number of rotatable bonds is 4. The summed E-state index contributed by atoms with van der Waals surface area (Å²) in [5.41, 5.74) is 3.75. The quantitative estimate of drug-likeness (QED) is 0.902. The van der Waals surface area contributed by atoms with Gasteiger partial charge in [0.15, 0.2) is 9.84 Å². The summed E-state index contributed by atoms with van der Waals surface area (Å²) in [6.45, 7) is 1.85. The van der Waals surface area contributed by atoms with Crippen LogP contribution in [0.5, 0.6) is 0 Å². The molecular formula is C18H26N2O3S. The maximum Gasteiger partial charge on any atom is 0.244 e. The van der Waals surface area contributed by atoms with Crippen molar-refractivity contribution in [3.05, 3.63) is 29.3 Å². The van der Waals surface area contributed by atoms with Crippen LogP contribution in [0.15, 0.2) is 18.2 Å². The number of carbonyl (C=O) groups is 1. The van der Waals surface area contributed by atoms with Gasteiger partial charge in [0.2, 0.25) is 5.91 Å². The molecule has 0 radical (unpaired) electrons. The second-order valence-electron chi connectivity index (χ2n) is 7.02. The summed E-state index contributed by atoms with van der Waals surface area (Å²) >= 11 is 0. The van der Waals surface area contributed by atoms with Gasteiger partial charge in [0, 0.05) is 18.8 Å². The maximum absolute atomic E-state index is 12.7. The third kappa shape index (κ3) is 3.58. The van der Waals surface area contributed by atoms with Crippen molar-refractivity contribution < 1.29 is 13.2 Å². The summed E-state index contributed by atoms with van der Waals surface area (Å²) in [7, 11) is -1.27. The van der Waals surface area contributed by atoms with Gasteiger partial charge in [-0.15, -0.1) is 0 Å². The van der Waals surface area contributed by atoms with Crippen molar-refractivity contribution >= 4 is 21.4 Å². The standard InChI is InChI=1S/C18H26N2O3S/c1-13(18(21)20(2)15-10-11-24(22,23)12-15)19-17-9-5-7-14-6-3-4-8-16(14)17/h5,7,9,13,15,19H,3-4,6,8,10-12H2,1-2H3/t13-,15-/m1/s1. The number of hydrogen-bond acceptors (Lipinski definition) is 4. The highest BCUT2D eigenvalue weighted by Crippen LogP contribution is 2.28. The minimum absolute atomic E-state index is 0.0505. The van der Waals surface area contributed by atoms with Crippen molar-refractivity contribution in [2.24, 2.45) is 0 Å². The molecule has 1 fully saturated rings. The zero-order valence-corrected chi connectivity index (χ0v) is 15.2. The van der Waals surface area contributed by atoms with Crippen LogP contribution in [0.2, 0.25) is 0 Å². The lowest BCUT2D eigenvalue weighted by Crippen LogP contribution is -2.45. The smallest absolute Gasteiger partial charge is 0.244 e. The summed E-state index contributed by atoms with van der Waals surface area (Å²) in [4.78, 5) is 14.3. The molecular weight excluding hydrogens is 324 g/mol. The molecule has 1 saturated heterocycles. The van der Waals surface area contributed by atoms with Gasteiger partial charge in [-0.25, -0.2) is 8.42 Å². The zero-order valence-electron chi connectivity index (χ0n) is 14.4. The van der Waals surface area contributed by atoms with E-state index in [4.69, 9.17) is 0 Å². The average molecular weight is 350 g/mol. The molecule has 0 aromatic heterocycles. The highest BCUT2D eigenvalue weighted by atomic mass is 32.2. The monoisotopic (exact) mass is 350 g/mol. The number of aryl methyl sites for hydroxylation is 1. The minimum atomic E-state index is -2.98. The summed E-state index contributed by atoms with van der Waals surface area (Å²) in [5, 5.41) is 3.35. The molecule has 1 aromatic carbocycles. The van der Waals surface area contributed by atoms with E-state index in [2.05, 4.69) is 11.4 Å². The Morgan fingerprint density at radius 2 is 2.04 bits per heavy atom. The van der Waals surface area contributed by atoms with Gasteiger partial charge in [-0.1, -0.05) is 12.1 Å². The number of sulfone groups is 1. The van der Waals surface area contributed by atoms with Crippen LogP contribution in [0.4, 0.5) is 5.69 Å². The normalized spacial score (nSPS) is 23.3. The Morgan fingerprint density at radius 3 is 2.75 bits per heavy atom. The van der Waals surface area contributed by atoms with E-state index in [0.29, 0.717) is 6.42 Å². The number of benzene rings is 1. The second kappa shape index (κ2) is 6.75. The average Bonchev–Trinajstić information content (AvgIpc) is 2.93. The molecule has 0 saturated carbocycles. The molecule has 5 nitrogen and oxygen atoms in total. The molecule has 0 bridgehead atoms. The predicted molar refractivity (Wildman–Crippen MR) is 96.0 cm³/mol. The van der Waals surface area contributed by atoms with Crippen LogP contribution in [-0.4, -0.2) is 49.9 Å². The first-order valence-corrected chi connectivity index (χ1v) is 10.5. The van der Waals surface area contributed by atoms with Crippen molar-refractivity contribution in [2.45, 2.75) is 51.1 Å². The van der Waals surface area contributed by atoms with E-state index < -0.39 is 9.84 Å². The first-order valence-electron chi connectivity index (χ1n) is 8.72. The number of fused-ring (bicyclic) bond motifs is 1. The van der Waals surface area contributed by atoms with Crippen molar-refractivity contribution in [1.82, 2.24) is 4.90 Å². The van der Waals surface area contributed by atoms with Gasteiger partial charge in [-0.3, -0.25) is 4.79 Å². The fourth-order valence-corrected chi connectivity index (χ4v) is 5.55. The predicted octanol–water partition coefficient (Wildman–Crippen LogP) is 2.01. The molecule has 1 N–H and O–H groups in total. The third-order valence-corrected chi connectivity index (χ3v) is 6.99. The Hall–Kier alpha value is -1.56. The van der Waals surface area contributed by atoms with Crippen LogP contribution in [0.25, 0.3) is 0 Å². The van der Waals surface area contributed by atoms with Crippen LogP contribution < -0.4 is 5.32 Å². The molecule has 1 aliphatic heterocycles. The number of likely N-dealkylation sites (N-methyl/N-ethyl adjacent to an activating group) is 1. The highest BCUT2D eigenvalue weighted by Gasteiger charge is 2.34. The zero-order chi connectivity index (χ0) is 17.3. The lowest BCUT2D eigenvalue weighted by Gasteiger charge is -2.28. The lowest BCUT2D eigenvalue weighted by molar-refractivity contribution is -0.132. The van der Waals surface area contributed by atoms with Crippen LogP contribution in [0, 0.1) is 0 Å². The Bertz CT molecular complexity index is 730. The Morgan fingerprint density at radius 1 is 1.29 bits per heavy atom. The maximum atomic E-state index is 12.7. The molecule has 3 rings (SSSR count). The van der Waals surface area contributed by atoms with Gasteiger partial charge in [-0.2, -0.15) is 0 Å². The van der Waals surface area contributed by atoms with E-state index in [1.807, 2.05) is 19.1 Å². The molecule has 2 atom stereocenters. The van der Waals surface area contributed by atoms with Crippen molar-refractivity contribution in [3.63, 3.8) is 0 Å². The summed E-state index contributed by atoms with van der Waals surface area (Å²) in [6.07, 6.45) is 5.11. The van der Waals surface area contributed by atoms with E-state index in [9.17, 15) is 13.2 Å². The molecule has 132 valence electrons. The van der Waals surface area contributed by atoms with E-state index in [1.165, 1.54) is 24.0 Å². The second-order valence-corrected chi connectivity index (χ2v) is 9.25. The van der Waals surface area contributed by atoms with Crippen molar-refractivity contribution in [3.8, 4) is 0 Å². The van der Waals surface area contributed by atoms with Crippen molar-refractivity contribution in [1.29, 1.82) is 0 Å². The number of nitrogens with one attached hydrogen (secondary N) is 1.